The van der Waals surface area contributed by atoms with Crippen molar-refractivity contribution in [3.05, 3.63) is 53.7 Å². The van der Waals surface area contributed by atoms with Crippen LogP contribution in [0.4, 0.5) is 10.5 Å². The van der Waals surface area contributed by atoms with Crippen LogP contribution in [-0.2, 0) is 5.60 Å². The summed E-state index contributed by atoms with van der Waals surface area (Å²) in [5.41, 5.74) is 1.50. The second-order valence-electron chi connectivity index (χ2n) is 6.04. The Morgan fingerprint density at radius 2 is 2.12 bits per heavy atom. The number of rotatable bonds is 3. The van der Waals surface area contributed by atoms with Crippen molar-refractivity contribution in [3.8, 4) is 5.88 Å². The zero-order valence-electron chi connectivity index (χ0n) is 13.8. The van der Waals surface area contributed by atoms with Crippen LogP contribution >= 0.6 is 0 Å². The molecule has 0 spiro atoms. The number of aryl methyl sites for hydroxylation is 1. The van der Waals surface area contributed by atoms with E-state index in [-0.39, 0.29) is 12.6 Å². The van der Waals surface area contributed by atoms with Gasteiger partial charge in [-0.3, -0.25) is 0 Å². The van der Waals surface area contributed by atoms with Crippen molar-refractivity contribution in [2.45, 2.75) is 18.9 Å². The van der Waals surface area contributed by atoms with Gasteiger partial charge in [-0.2, -0.15) is 0 Å². The molecule has 2 N–H and O–H groups in total. The number of carbonyl (C=O) groups is 1. The summed E-state index contributed by atoms with van der Waals surface area (Å²) >= 11 is 0. The van der Waals surface area contributed by atoms with E-state index in [4.69, 9.17) is 4.74 Å². The van der Waals surface area contributed by atoms with Crippen molar-refractivity contribution in [2.24, 2.45) is 0 Å². The maximum absolute atomic E-state index is 12.4. The SMILES string of the molecule is COc1ccc(NC(=O)N2CCC(O)(c3ccccc3C)C2)cn1. The number of pyridine rings is 1. The number of nitrogens with zero attached hydrogens (tertiary/aromatic N) is 2. The first-order chi connectivity index (χ1) is 11.5. The van der Waals surface area contributed by atoms with Gasteiger partial charge in [0.05, 0.1) is 25.5 Å². The molecule has 1 aromatic heterocycles. The van der Waals surface area contributed by atoms with Crippen molar-refractivity contribution >= 4 is 11.7 Å². The van der Waals surface area contributed by atoms with E-state index >= 15 is 0 Å². The molecule has 3 rings (SSSR count). The Kier molecular flexibility index (Phi) is 4.40. The van der Waals surface area contributed by atoms with Crippen LogP contribution in [0, 0.1) is 6.92 Å². The number of likely N-dealkylation sites (tertiary alicyclic amines) is 1. The zero-order valence-corrected chi connectivity index (χ0v) is 13.8. The average molecular weight is 327 g/mol. The third-order valence-corrected chi connectivity index (χ3v) is 4.38. The number of urea groups is 1. The molecule has 24 heavy (non-hydrogen) atoms. The van der Waals surface area contributed by atoms with Gasteiger partial charge in [0.2, 0.25) is 5.88 Å². The molecule has 1 unspecified atom stereocenters. The van der Waals surface area contributed by atoms with E-state index in [0.29, 0.717) is 24.5 Å². The predicted molar refractivity (Wildman–Crippen MR) is 91.1 cm³/mol. The molecule has 126 valence electrons. The number of aromatic nitrogens is 1. The van der Waals surface area contributed by atoms with Crippen LogP contribution in [0.1, 0.15) is 17.5 Å². The highest BCUT2D eigenvalue weighted by Crippen LogP contribution is 2.34. The third kappa shape index (κ3) is 3.19. The van der Waals surface area contributed by atoms with Crippen molar-refractivity contribution in [3.63, 3.8) is 0 Å². The maximum Gasteiger partial charge on any atom is 0.322 e. The largest absolute Gasteiger partial charge is 0.481 e. The highest BCUT2D eigenvalue weighted by molar-refractivity contribution is 5.89. The summed E-state index contributed by atoms with van der Waals surface area (Å²) in [6.07, 6.45) is 2.06. The minimum Gasteiger partial charge on any atom is -0.481 e. The van der Waals surface area contributed by atoms with E-state index in [1.54, 1.807) is 23.2 Å². The summed E-state index contributed by atoms with van der Waals surface area (Å²) in [4.78, 5) is 18.1. The van der Waals surface area contributed by atoms with Gasteiger partial charge in [-0.15, -0.1) is 0 Å². The second kappa shape index (κ2) is 6.49. The number of benzene rings is 1. The Morgan fingerprint density at radius 1 is 1.33 bits per heavy atom. The minimum absolute atomic E-state index is 0.244. The van der Waals surface area contributed by atoms with E-state index in [1.807, 2.05) is 31.2 Å². The average Bonchev–Trinajstić information content (AvgIpc) is 2.99. The Bertz CT molecular complexity index is 733. The number of carbonyl (C=O) groups excluding carboxylic acids is 1. The summed E-state index contributed by atoms with van der Waals surface area (Å²) in [5.74, 6) is 0.489. The number of ether oxygens (including phenoxy) is 1. The molecule has 2 heterocycles. The highest BCUT2D eigenvalue weighted by Gasteiger charge is 2.40. The molecule has 2 amide bonds. The van der Waals surface area contributed by atoms with Gasteiger partial charge in [-0.1, -0.05) is 24.3 Å². The zero-order chi connectivity index (χ0) is 17.2. The molecular formula is C18H21N3O3. The number of amides is 2. The molecule has 1 aliphatic rings. The third-order valence-electron chi connectivity index (χ3n) is 4.38. The first-order valence-corrected chi connectivity index (χ1v) is 7.86. The van der Waals surface area contributed by atoms with Gasteiger partial charge < -0.3 is 20.1 Å². The van der Waals surface area contributed by atoms with Crippen LogP contribution in [-0.4, -0.2) is 41.2 Å². The summed E-state index contributed by atoms with van der Waals surface area (Å²) in [7, 11) is 1.54. The number of methoxy groups -OCH3 is 1. The van der Waals surface area contributed by atoms with Crippen molar-refractivity contribution in [2.75, 3.05) is 25.5 Å². The number of β-amino-alcohol motifs (C(OH)–C–C–N with tert-alkyl or cyclic N) is 1. The van der Waals surface area contributed by atoms with Gasteiger partial charge in [0.25, 0.3) is 0 Å². The quantitative estimate of drug-likeness (QED) is 0.908. The molecule has 1 saturated heterocycles. The second-order valence-corrected chi connectivity index (χ2v) is 6.04. The number of anilines is 1. The van der Waals surface area contributed by atoms with Gasteiger partial charge in [-0.25, -0.2) is 9.78 Å². The first-order valence-electron chi connectivity index (χ1n) is 7.86. The molecule has 0 radical (unpaired) electrons. The van der Waals surface area contributed by atoms with E-state index in [0.717, 1.165) is 11.1 Å². The molecule has 0 bridgehead atoms. The molecule has 0 saturated carbocycles. The number of nitrogens with one attached hydrogen (secondary N) is 1. The molecule has 2 aromatic rings. The fraction of sp³-hybridized carbons (Fsp3) is 0.333. The Morgan fingerprint density at radius 3 is 2.79 bits per heavy atom. The molecule has 1 atom stereocenters. The van der Waals surface area contributed by atoms with E-state index in [1.165, 1.54) is 7.11 Å². The Labute approximate surface area is 141 Å². The molecule has 1 aliphatic heterocycles. The fourth-order valence-electron chi connectivity index (χ4n) is 3.06. The lowest BCUT2D eigenvalue weighted by molar-refractivity contribution is 0.0494. The molecule has 1 aromatic carbocycles. The lowest BCUT2D eigenvalue weighted by Crippen LogP contribution is -2.37. The van der Waals surface area contributed by atoms with E-state index < -0.39 is 5.60 Å². The van der Waals surface area contributed by atoms with Gasteiger partial charge in [0.15, 0.2) is 0 Å². The Hall–Kier alpha value is -2.60. The number of hydrogen-bond donors (Lipinski definition) is 2. The van der Waals surface area contributed by atoms with E-state index in [2.05, 4.69) is 10.3 Å². The monoisotopic (exact) mass is 327 g/mol. The number of hydrogen-bond acceptors (Lipinski definition) is 4. The molecule has 6 nitrogen and oxygen atoms in total. The van der Waals surface area contributed by atoms with E-state index in [9.17, 15) is 9.90 Å². The van der Waals surface area contributed by atoms with Crippen molar-refractivity contribution in [1.29, 1.82) is 0 Å². The summed E-state index contributed by atoms with van der Waals surface area (Å²) < 4.78 is 4.99. The molecular weight excluding hydrogens is 306 g/mol. The first kappa shape index (κ1) is 16.3. The molecule has 1 fully saturated rings. The highest BCUT2D eigenvalue weighted by atomic mass is 16.5. The summed E-state index contributed by atoms with van der Waals surface area (Å²) in [5, 5.41) is 13.7. The predicted octanol–water partition coefficient (Wildman–Crippen LogP) is 2.52. The van der Waals surface area contributed by atoms with Gasteiger partial charge in [0.1, 0.15) is 5.60 Å². The smallest absolute Gasteiger partial charge is 0.322 e. The standard InChI is InChI=1S/C18H21N3O3/c1-13-5-3-4-6-15(13)18(23)9-10-21(12-18)17(22)20-14-7-8-16(24-2)19-11-14/h3-8,11,23H,9-10,12H2,1-2H3,(H,20,22). The van der Waals surface area contributed by atoms with Crippen LogP contribution in [0.2, 0.25) is 0 Å². The lowest BCUT2D eigenvalue weighted by atomic mass is 9.89. The minimum atomic E-state index is -0.999. The Balaban J connectivity index is 1.68. The van der Waals surface area contributed by atoms with Crippen molar-refractivity contribution < 1.29 is 14.6 Å². The van der Waals surface area contributed by atoms with Gasteiger partial charge in [-0.05, 0) is 30.5 Å². The topological polar surface area (TPSA) is 74.7 Å². The lowest BCUT2D eigenvalue weighted by Gasteiger charge is -2.25. The summed E-state index contributed by atoms with van der Waals surface area (Å²) in [6, 6.07) is 10.9. The fourth-order valence-corrected chi connectivity index (χ4v) is 3.06. The molecule has 0 aliphatic carbocycles. The normalized spacial score (nSPS) is 20.0. The van der Waals surface area contributed by atoms with Gasteiger partial charge >= 0.3 is 6.03 Å². The van der Waals surface area contributed by atoms with Crippen LogP contribution in [0.3, 0.4) is 0 Å². The van der Waals surface area contributed by atoms with Crippen molar-refractivity contribution in [1.82, 2.24) is 9.88 Å². The maximum atomic E-state index is 12.4. The molecule has 6 heteroatoms. The summed E-state index contributed by atoms with van der Waals surface area (Å²) in [6.45, 7) is 2.74. The van der Waals surface area contributed by atoms with Crippen LogP contribution < -0.4 is 10.1 Å². The number of aliphatic hydroxyl groups is 1. The van der Waals surface area contributed by atoms with Crippen LogP contribution in [0.5, 0.6) is 5.88 Å². The van der Waals surface area contributed by atoms with Crippen LogP contribution in [0.25, 0.3) is 0 Å². The van der Waals surface area contributed by atoms with Gasteiger partial charge in [0, 0.05) is 12.6 Å². The van der Waals surface area contributed by atoms with Crippen LogP contribution in [0.15, 0.2) is 42.6 Å².